The third-order valence-electron chi connectivity index (χ3n) is 3.67. The van der Waals surface area contributed by atoms with E-state index in [0.717, 1.165) is 0 Å². The highest BCUT2D eigenvalue weighted by molar-refractivity contribution is 6.38. The van der Waals surface area contributed by atoms with Gasteiger partial charge in [0.15, 0.2) is 11.4 Å². The summed E-state index contributed by atoms with van der Waals surface area (Å²) in [5.74, 6) is -2.16. The third-order valence-corrected chi connectivity index (χ3v) is 4.31. The number of carbonyl (C=O) groups excluding carboxylic acids is 1. The van der Waals surface area contributed by atoms with Crippen molar-refractivity contribution in [1.29, 1.82) is 0 Å². The molecule has 0 aliphatic rings. The zero-order valence-corrected chi connectivity index (χ0v) is 14.2. The normalized spacial score (nSPS) is 11.0. The predicted molar refractivity (Wildman–Crippen MR) is 92.6 cm³/mol. The number of fused-ring (bicyclic) bond motifs is 1. The average Bonchev–Trinajstić information content (AvgIpc) is 2.86. The van der Waals surface area contributed by atoms with E-state index in [1.165, 1.54) is 16.7 Å². The molecule has 0 radical (unpaired) electrons. The van der Waals surface area contributed by atoms with Crippen LogP contribution in [0, 0.1) is 0 Å². The van der Waals surface area contributed by atoms with Gasteiger partial charge in [0, 0.05) is 17.7 Å². The van der Waals surface area contributed by atoms with Gasteiger partial charge in [0.1, 0.15) is 0 Å². The molecule has 0 unspecified atom stereocenters. The van der Waals surface area contributed by atoms with Crippen LogP contribution in [0.2, 0.25) is 10.0 Å². The fourth-order valence-electron chi connectivity index (χ4n) is 2.47. The Morgan fingerprint density at radius 3 is 2.48 bits per heavy atom. The fraction of sp³-hybridized carbons (Fsp3) is 0.118. The highest BCUT2D eigenvalue weighted by atomic mass is 35.5. The van der Waals surface area contributed by atoms with Crippen LogP contribution in [0.5, 0.6) is 0 Å². The summed E-state index contributed by atoms with van der Waals surface area (Å²) in [6.07, 6.45) is -0.244. The summed E-state index contributed by atoms with van der Waals surface area (Å²) in [4.78, 5) is 35.3. The summed E-state index contributed by atoms with van der Waals surface area (Å²) < 4.78 is 6.28. The summed E-state index contributed by atoms with van der Waals surface area (Å²) >= 11 is 12.2. The highest BCUT2D eigenvalue weighted by Gasteiger charge is 2.20. The molecule has 0 aliphatic heterocycles. The maximum atomic E-state index is 12.7. The minimum atomic E-state index is -1.04. The smallest absolute Gasteiger partial charge is 0.419 e. The number of halogens is 2. The molecule has 0 saturated heterocycles. The Morgan fingerprint density at radius 2 is 1.80 bits per heavy atom. The highest BCUT2D eigenvalue weighted by Crippen LogP contribution is 2.28. The standard InChI is InChI=1S/C17H11Cl2NO5/c18-11-4-2-1-3-9(11)16(23)10-7-14-13(8-12(10)19)20(17(24)25-14)6-5-15(21)22/h1-4,7-8H,5-6H2,(H,21,22). The Bertz CT molecular complexity index is 1050. The van der Waals surface area contributed by atoms with Crippen LogP contribution in [-0.2, 0) is 11.3 Å². The van der Waals surface area contributed by atoms with Crippen molar-refractivity contribution < 1.29 is 19.1 Å². The topological polar surface area (TPSA) is 89.5 Å². The van der Waals surface area contributed by atoms with Crippen LogP contribution in [0.15, 0.2) is 45.6 Å². The molecule has 8 heteroatoms. The van der Waals surface area contributed by atoms with Gasteiger partial charge in [-0.3, -0.25) is 14.2 Å². The van der Waals surface area contributed by atoms with Crippen molar-refractivity contribution in [2.75, 3.05) is 0 Å². The Hall–Kier alpha value is -2.57. The number of carboxylic acid groups (broad SMARTS) is 1. The van der Waals surface area contributed by atoms with E-state index in [4.69, 9.17) is 32.7 Å². The molecule has 3 rings (SSSR count). The molecule has 0 fully saturated rings. The molecule has 0 amide bonds. The molecule has 2 aromatic carbocycles. The molecule has 0 aliphatic carbocycles. The molecule has 128 valence electrons. The lowest BCUT2D eigenvalue weighted by Gasteiger charge is -2.06. The van der Waals surface area contributed by atoms with Gasteiger partial charge < -0.3 is 9.52 Å². The van der Waals surface area contributed by atoms with E-state index in [2.05, 4.69) is 0 Å². The molecular weight excluding hydrogens is 369 g/mol. The fourth-order valence-corrected chi connectivity index (χ4v) is 2.93. The van der Waals surface area contributed by atoms with Crippen molar-refractivity contribution in [3.8, 4) is 0 Å². The molecule has 1 N–H and O–H groups in total. The number of carbonyl (C=O) groups is 2. The lowest BCUT2D eigenvalue weighted by Crippen LogP contribution is -2.16. The molecule has 25 heavy (non-hydrogen) atoms. The molecule has 1 aromatic heterocycles. The number of nitrogens with zero attached hydrogens (tertiary/aromatic N) is 1. The number of carboxylic acids is 1. The van der Waals surface area contributed by atoms with Crippen LogP contribution in [-0.4, -0.2) is 21.4 Å². The van der Waals surface area contributed by atoms with Gasteiger partial charge >= 0.3 is 11.7 Å². The van der Waals surface area contributed by atoms with E-state index in [1.54, 1.807) is 24.3 Å². The van der Waals surface area contributed by atoms with Crippen LogP contribution in [0.3, 0.4) is 0 Å². The number of rotatable bonds is 5. The van der Waals surface area contributed by atoms with Gasteiger partial charge in [0.05, 0.1) is 22.0 Å². The Balaban J connectivity index is 2.09. The molecule has 6 nitrogen and oxygen atoms in total. The van der Waals surface area contributed by atoms with Gasteiger partial charge in [0.2, 0.25) is 0 Å². The summed E-state index contributed by atoms with van der Waals surface area (Å²) in [7, 11) is 0. The van der Waals surface area contributed by atoms with Crippen LogP contribution < -0.4 is 5.76 Å². The van der Waals surface area contributed by atoms with Crippen molar-refractivity contribution >= 4 is 46.1 Å². The van der Waals surface area contributed by atoms with E-state index in [0.29, 0.717) is 5.52 Å². The quantitative estimate of drug-likeness (QED) is 0.683. The van der Waals surface area contributed by atoms with Crippen LogP contribution in [0.25, 0.3) is 11.1 Å². The molecule has 0 atom stereocenters. The van der Waals surface area contributed by atoms with E-state index in [-0.39, 0.29) is 39.7 Å². The van der Waals surface area contributed by atoms with Gasteiger partial charge in [-0.25, -0.2) is 4.79 Å². The summed E-state index contributed by atoms with van der Waals surface area (Å²) in [5.41, 5.74) is 0.890. The maximum absolute atomic E-state index is 12.7. The number of benzene rings is 2. The minimum absolute atomic E-state index is 0.0602. The number of ketones is 1. The Morgan fingerprint density at radius 1 is 1.08 bits per heavy atom. The van der Waals surface area contributed by atoms with Gasteiger partial charge in [-0.15, -0.1) is 0 Å². The lowest BCUT2D eigenvalue weighted by molar-refractivity contribution is -0.137. The Labute approximate surface area is 151 Å². The largest absolute Gasteiger partial charge is 0.481 e. The third kappa shape index (κ3) is 3.31. The van der Waals surface area contributed by atoms with Crippen molar-refractivity contribution in [1.82, 2.24) is 4.57 Å². The van der Waals surface area contributed by atoms with Crippen molar-refractivity contribution in [2.24, 2.45) is 0 Å². The molecule has 3 aromatic rings. The monoisotopic (exact) mass is 379 g/mol. The molecule has 0 spiro atoms. The number of aryl methyl sites for hydroxylation is 1. The average molecular weight is 380 g/mol. The van der Waals surface area contributed by atoms with E-state index >= 15 is 0 Å². The second kappa shape index (κ2) is 6.74. The first-order valence-corrected chi connectivity index (χ1v) is 7.98. The first-order valence-electron chi connectivity index (χ1n) is 7.22. The second-order valence-electron chi connectivity index (χ2n) is 5.27. The number of aliphatic carboxylic acids is 1. The first kappa shape index (κ1) is 17.3. The van der Waals surface area contributed by atoms with Crippen molar-refractivity contribution in [3.63, 3.8) is 0 Å². The second-order valence-corrected chi connectivity index (χ2v) is 6.09. The van der Waals surface area contributed by atoms with Gasteiger partial charge in [-0.05, 0) is 24.3 Å². The zero-order valence-electron chi connectivity index (χ0n) is 12.7. The van der Waals surface area contributed by atoms with Crippen LogP contribution >= 0.6 is 23.2 Å². The lowest BCUT2D eigenvalue weighted by atomic mass is 10.0. The molecule has 1 heterocycles. The molecule has 0 saturated carbocycles. The first-order chi connectivity index (χ1) is 11.9. The van der Waals surface area contributed by atoms with Gasteiger partial charge in [-0.1, -0.05) is 35.3 Å². The molecule has 0 bridgehead atoms. The van der Waals surface area contributed by atoms with Gasteiger partial charge in [-0.2, -0.15) is 0 Å². The number of aromatic nitrogens is 1. The van der Waals surface area contributed by atoms with Gasteiger partial charge in [0.25, 0.3) is 0 Å². The van der Waals surface area contributed by atoms with Crippen LogP contribution in [0.4, 0.5) is 0 Å². The SMILES string of the molecule is O=C(O)CCn1c(=O)oc2cc(C(=O)c3ccccc3Cl)c(Cl)cc21. The summed E-state index contributed by atoms with van der Waals surface area (Å²) in [6, 6.07) is 9.30. The van der Waals surface area contributed by atoms with E-state index in [9.17, 15) is 14.4 Å². The van der Waals surface area contributed by atoms with Crippen molar-refractivity contribution in [2.45, 2.75) is 13.0 Å². The van der Waals surface area contributed by atoms with Crippen LogP contribution in [0.1, 0.15) is 22.3 Å². The predicted octanol–water partition coefficient (Wildman–Crippen LogP) is 3.61. The number of oxazole rings is 1. The van der Waals surface area contributed by atoms with E-state index in [1.807, 2.05) is 0 Å². The zero-order chi connectivity index (χ0) is 18.1. The summed E-state index contributed by atoms with van der Waals surface area (Å²) in [5, 5.41) is 9.16. The number of hydrogen-bond donors (Lipinski definition) is 1. The maximum Gasteiger partial charge on any atom is 0.419 e. The Kier molecular flexibility index (Phi) is 4.65. The van der Waals surface area contributed by atoms with Crippen molar-refractivity contribution in [3.05, 3.63) is 68.1 Å². The van der Waals surface area contributed by atoms with E-state index < -0.39 is 17.5 Å². The number of hydrogen-bond acceptors (Lipinski definition) is 4. The molecular formula is C17H11Cl2NO5. The minimum Gasteiger partial charge on any atom is -0.481 e. The summed E-state index contributed by atoms with van der Waals surface area (Å²) in [6.45, 7) is -0.0602.